The summed E-state index contributed by atoms with van der Waals surface area (Å²) >= 11 is 4.82. The lowest BCUT2D eigenvalue weighted by Crippen LogP contribution is -2.08. The van der Waals surface area contributed by atoms with E-state index in [-0.39, 0.29) is 5.56 Å². The number of carboxylic acid groups (broad SMARTS) is 1. The molecule has 7 heteroatoms. The quantitative estimate of drug-likeness (QED) is 0.873. The number of aromatic nitrogens is 2. The lowest BCUT2D eigenvalue weighted by Gasteiger charge is -2.07. The van der Waals surface area contributed by atoms with Gasteiger partial charge in [-0.2, -0.15) is 0 Å². The zero-order valence-electron chi connectivity index (χ0n) is 10.2. The van der Waals surface area contributed by atoms with Gasteiger partial charge in [-0.15, -0.1) is 11.3 Å². The number of nitrogens with one attached hydrogen (secondary N) is 1. The van der Waals surface area contributed by atoms with E-state index in [9.17, 15) is 4.79 Å². The second kappa shape index (κ2) is 6.12. The molecule has 19 heavy (non-hydrogen) atoms. The standard InChI is InChI=1S/C12H12BrN3O2S/c1-2-8-5-14-10(19-8)6-16-11-9(12(17)18)3-7(13)4-15-11/h3-5H,2,6H2,1H3,(H,15,16)(H,17,18). The van der Waals surface area contributed by atoms with Gasteiger partial charge in [-0.1, -0.05) is 6.92 Å². The molecule has 0 bridgehead atoms. The molecule has 0 aliphatic carbocycles. The largest absolute Gasteiger partial charge is 0.478 e. The van der Waals surface area contributed by atoms with Crippen LogP contribution in [0.4, 0.5) is 5.82 Å². The van der Waals surface area contributed by atoms with Gasteiger partial charge in [-0.05, 0) is 28.4 Å². The van der Waals surface area contributed by atoms with Gasteiger partial charge in [-0.25, -0.2) is 14.8 Å². The Bertz CT molecular complexity index is 600. The lowest BCUT2D eigenvalue weighted by atomic mass is 10.2. The molecule has 0 aliphatic heterocycles. The molecule has 0 unspecified atom stereocenters. The summed E-state index contributed by atoms with van der Waals surface area (Å²) in [4.78, 5) is 20.7. The molecule has 2 aromatic heterocycles. The van der Waals surface area contributed by atoms with Crippen molar-refractivity contribution in [3.63, 3.8) is 0 Å². The van der Waals surface area contributed by atoms with Crippen molar-refractivity contribution in [2.75, 3.05) is 5.32 Å². The number of anilines is 1. The molecule has 2 aromatic rings. The van der Waals surface area contributed by atoms with Crippen molar-refractivity contribution in [2.45, 2.75) is 19.9 Å². The summed E-state index contributed by atoms with van der Waals surface area (Å²) in [6.07, 6.45) is 4.36. The van der Waals surface area contributed by atoms with E-state index in [1.807, 2.05) is 6.20 Å². The van der Waals surface area contributed by atoms with Crippen LogP contribution in [0.1, 0.15) is 27.2 Å². The van der Waals surface area contributed by atoms with Crippen molar-refractivity contribution in [1.82, 2.24) is 9.97 Å². The maximum absolute atomic E-state index is 11.1. The molecular weight excluding hydrogens is 330 g/mol. The van der Waals surface area contributed by atoms with E-state index in [0.29, 0.717) is 16.8 Å². The Morgan fingerprint density at radius 1 is 1.47 bits per heavy atom. The van der Waals surface area contributed by atoms with Crippen LogP contribution in [-0.2, 0) is 13.0 Å². The topological polar surface area (TPSA) is 75.1 Å². The maximum Gasteiger partial charge on any atom is 0.339 e. The first-order chi connectivity index (χ1) is 9.10. The highest BCUT2D eigenvalue weighted by atomic mass is 79.9. The van der Waals surface area contributed by atoms with Crippen LogP contribution < -0.4 is 5.32 Å². The van der Waals surface area contributed by atoms with Gasteiger partial charge in [0.15, 0.2) is 0 Å². The first-order valence-electron chi connectivity index (χ1n) is 5.66. The average molecular weight is 342 g/mol. The van der Waals surface area contributed by atoms with Crippen molar-refractivity contribution in [1.29, 1.82) is 0 Å². The van der Waals surface area contributed by atoms with Gasteiger partial charge in [-0.3, -0.25) is 0 Å². The number of carbonyl (C=O) groups is 1. The molecule has 100 valence electrons. The molecule has 2 rings (SSSR count). The molecule has 0 amide bonds. The van der Waals surface area contributed by atoms with Gasteiger partial charge < -0.3 is 10.4 Å². The molecule has 0 radical (unpaired) electrons. The van der Waals surface area contributed by atoms with E-state index in [4.69, 9.17) is 5.11 Å². The van der Waals surface area contributed by atoms with Crippen molar-refractivity contribution in [3.05, 3.63) is 38.4 Å². The molecule has 0 saturated carbocycles. The molecule has 2 heterocycles. The number of hydrogen-bond donors (Lipinski definition) is 2. The normalized spacial score (nSPS) is 10.4. The maximum atomic E-state index is 11.1. The number of hydrogen-bond acceptors (Lipinski definition) is 5. The third-order valence-corrected chi connectivity index (χ3v) is 4.02. The number of carboxylic acids is 1. The molecule has 0 saturated heterocycles. The molecule has 5 nitrogen and oxygen atoms in total. The molecule has 0 aliphatic rings. The van der Waals surface area contributed by atoms with E-state index >= 15 is 0 Å². The van der Waals surface area contributed by atoms with Gasteiger partial charge in [0.1, 0.15) is 16.4 Å². The smallest absolute Gasteiger partial charge is 0.339 e. The van der Waals surface area contributed by atoms with Gasteiger partial charge >= 0.3 is 5.97 Å². The SMILES string of the molecule is CCc1cnc(CNc2ncc(Br)cc2C(=O)O)s1. The number of halogens is 1. The number of aromatic carboxylic acids is 1. The predicted molar refractivity (Wildman–Crippen MR) is 77.7 cm³/mol. The summed E-state index contributed by atoms with van der Waals surface area (Å²) in [7, 11) is 0. The van der Waals surface area contributed by atoms with Crippen LogP contribution in [0.3, 0.4) is 0 Å². The number of rotatable bonds is 5. The van der Waals surface area contributed by atoms with Crippen LogP contribution in [0.15, 0.2) is 22.9 Å². The Morgan fingerprint density at radius 2 is 2.26 bits per heavy atom. The minimum Gasteiger partial charge on any atom is -0.478 e. The predicted octanol–water partition coefficient (Wildman–Crippen LogP) is 3.17. The van der Waals surface area contributed by atoms with Crippen LogP contribution in [0.25, 0.3) is 0 Å². The fourth-order valence-electron chi connectivity index (χ4n) is 1.50. The number of aryl methyl sites for hydroxylation is 1. The fourth-order valence-corrected chi connectivity index (χ4v) is 2.63. The molecule has 0 atom stereocenters. The Balaban J connectivity index is 2.12. The van der Waals surface area contributed by atoms with Crippen LogP contribution in [0.2, 0.25) is 0 Å². The van der Waals surface area contributed by atoms with Crippen LogP contribution in [0, 0.1) is 0 Å². The van der Waals surface area contributed by atoms with Gasteiger partial charge in [0.05, 0.1) is 6.54 Å². The third kappa shape index (κ3) is 3.51. The van der Waals surface area contributed by atoms with Crippen molar-refractivity contribution >= 4 is 39.1 Å². The fraction of sp³-hybridized carbons (Fsp3) is 0.250. The van der Waals surface area contributed by atoms with Crippen LogP contribution in [0.5, 0.6) is 0 Å². The highest BCUT2D eigenvalue weighted by Gasteiger charge is 2.12. The first-order valence-corrected chi connectivity index (χ1v) is 7.27. The summed E-state index contributed by atoms with van der Waals surface area (Å²) in [5.74, 6) is -0.659. The summed E-state index contributed by atoms with van der Waals surface area (Å²) in [5, 5.41) is 13.0. The highest BCUT2D eigenvalue weighted by molar-refractivity contribution is 9.10. The van der Waals surface area contributed by atoms with Crippen LogP contribution in [-0.4, -0.2) is 21.0 Å². The Hall–Kier alpha value is -1.47. The van der Waals surface area contributed by atoms with E-state index in [1.165, 1.54) is 10.9 Å². The number of pyridine rings is 1. The van der Waals surface area contributed by atoms with Gasteiger partial charge in [0, 0.05) is 21.7 Å². The minimum absolute atomic E-state index is 0.140. The molecule has 2 N–H and O–H groups in total. The second-order valence-corrected chi connectivity index (χ2v) is 5.90. The van der Waals surface area contributed by atoms with Gasteiger partial charge in [0.2, 0.25) is 0 Å². The molecule has 0 aromatic carbocycles. The second-order valence-electron chi connectivity index (χ2n) is 3.78. The zero-order valence-corrected chi connectivity index (χ0v) is 12.6. The van der Waals surface area contributed by atoms with Gasteiger partial charge in [0.25, 0.3) is 0 Å². The summed E-state index contributed by atoms with van der Waals surface area (Å²) < 4.78 is 0.637. The van der Waals surface area contributed by atoms with E-state index in [0.717, 1.165) is 11.4 Å². The first kappa shape index (κ1) is 14.0. The minimum atomic E-state index is -1.01. The van der Waals surface area contributed by atoms with Crippen LogP contribution >= 0.6 is 27.3 Å². The number of nitrogens with zero attached hydrogens (tertiary/aromatic N) is 2. The monoisotopic (exact) mass is 341 g/mol. The Labute approximate surface area is 122 Å². The lowest BCUT2D eigenvalue weighted by molar-refractivity contribution is 0.0697. The van der Waals surface area contributed by atoms with E-state index < -0.39 is 5.97 Å². The average Bonchev–Trinajstić information content (AvgIpc) is 2.85. The Kier molecular flexibility index (Phi) is 4.49. The summed E-state index contributed by atoms with van der Waals surface area (Å²) in [6, 6.07) is 1.52. The summed E-state index contributed by atoms with van der Waals surface area (Å²) in [5.41, 5.74) is 0.140. The van der Waals surface area contributed by atoms with Crippen molar-refractivity contribution in [3.8, 4) is 0 Å². The zero-order chi connectivity index (χ0) is 13.8. The molecule has 0 fully saturated rings. The third-order valence-electron chi connectivity index (χ3n) is 2.44. The highest BCUT2D eigenvalue weighted by Crippen LogP contribution is 2.20. The Morgan fingerprint density at radius 3 is 2.89 bits per heavy atom. The summed E-state index contributed by atoms with van der Waals surface area (Å²) in [6.45, 7) is 2.54. The van der Waals surface area contributed by atoms with Crippen molar-refractivity contribution in [2.24, 2.45) is 0 Å². The van der Waals surface area contributed by atoms with Crippen molar-refractivity contribution < 1.29 is 9.90 Å². The molecule has 0 spiro atoms. The number of thiazole rings is 1. The molecular formula is C12H12BrN3O2S. The van der Waals surface area contributed by atoms with E-state index in [1.54, 1.807) is 17.5 Å². The van der Waals surface area contributed by atoms with E-state index in [2.05, 4.69) is 38.1 Å².